The lowest BCUT2D eigenvalue weighted by Crippen LogP contribution is -2.47. The van der Waals surface area contributed by atoms with Gasteiger partial charge in [-0.25, -0.2) is 4.98 Å². The van der Waals surface area contributed by atoms with Gasteiger partial charge >= 0.3 is 0 Å². The molecular formula is C19H22ClN5O4S. The number of nitro groups is 1. The zero-order valence-corrected chi connectivity index (χ0v) is 18.3. The summed E-state index contributed by atoms with van der Waals surface area (Å²) in [5.41, 5.74) is 0.845. The lowest BCUT2D eigenvalue weighted by molar-refractivity contribution is -0.384. The van der Waals surface area contributed by atoms with Crippen molar-refractivity contribution in [2.24, 2.45) is 5.92 Å². The van der Waals surface area contributed by atoms with E-state index < -0.39 is 16.9 Å². The van der Waals surface area contributed by atoms with Crippen molar-refractivity contribution < 1.29 is 14.5 Å². The van der Waals surface area contributed by atoms with Gasteiger partial charge in [-0.1, -0.05) is 25.4 Å². The lowest BCUT2D eigenvalue weighted by atomic mass is 10.0. The minimum Gasteiger partial charge on any atom is -0.340 e. The van der Waals surface area contributed by atoms with Crippen LogP contribution in [0.15, 0.2) is 18.2 Å². The number of anilines is 1. The monoisotopic (exact) mass is 451 g/mol. The lowest BCUT2D eigenvalue weighted by Gasteiger charge is -2.21. The van der Waals surface area contributed by atoms with Crippen molar-refractivity contribution >= 4 is 45.6 Å². The smallest absolute Gasteiger partial charge is 0.270 e. The fourth-order valence-electron chi connectivity index (χ4n) is 3.12. The van der Waals surface area contributed by atoms with Crippen LogP contribution in [0.1, 0.15) is 34.8 Å². The van der Waals surface area contributed by atoms with Gasteiger partial charge in [0.2, 0.25) is 5.91 Å². The van der Waals surface area contributed by atoms with Gasteiger partial charge < -0.3 is 15.5 Å². The van der Waals surface area contributed by atoms with Crippen LogP contribution in [0.5, 0.6) is 0 Å². The summed E-state index contributed by atoms with van der Waals surface area (Å²) in [7, 11) is 2.04. The average Bonchev–Trinajstić information content (AvgIpc) is 3.06. The van der Waals surface area contributed by atoms with E-state index in [-0.39, 0.29) is 28.1 Å². The molecule has 0 radical (unpaired) electrons. The molecule has 9 nitrogen and oxygen atoms in total. The Kier molecular flexibility index (Phi) is 6.69. The second kappa shape index (κ2) is 9.07. The summed E-state index contributed by atoms with van der Waals surface area (Å²) in [5, 5.41) is 16.8. The Morgan fingerprint density at radius 1 is 1.37 bits per heavy atom. The average molecular weight is 452 g/mol. The molecule has 1 aliphatic rings. The first-order valence-corrected chi connectivity index (χ1v) is 10.6. The predicted molar refractivity (Wildman–Crippen MR) is 115 cm³/mol. The third-order valence-electron chi connectivity index (χ3n) is 4.80. The van der Waals surface area contributed by atoms with Gasteiger partial charge in [-0.2, -0.15) is 0 Å². The van der Waals surface area contributed by atoms with Crippen LogP contribution in [0, 0.1) is 16.0 Å². The molecule has 0 unspecified atom stereocenters. The number of nitrogens with one attached hydrogen (secondary N) is 2. The van der Waals surface area contributed by atoms with Crippen molar-refractivity contribution in [3.63, 3.8) is 0 Å². The number of halogens is 1. The van der Waals surface area contributed by atoms with Crippen molar-refractivity contribution in [2.45, 2.75) is 32.9 Å². The molecule has 2 heterocycles. The largest absolute Gasteiger partial charge is 0.340 e. The highest BCUT2D eigenvalue weighted by Crippen LogP contribution is 2.28. The number of carbonyl (C=O) groups excluding carboxylic acids is 2. The number of amides is 2. The summed E-state index contributed by atoms with van der Waals surface area (Å²) in [6.07, 6.45) is 0.835. The molecule has 3 rings (SSSR count). The van der Waals surface area contributed by atoms with Gasteiger partial charge in [0, 0.05) is 36.5 Å². The molecule has 1 atom stereocenters. The molecule has 30 heavy (non-hydrogen) atoms. The standard InChI is InChI=1S/C19H22ClN5O4S/c1-10(2)16(22-17(26)12-5-4-11(25(28)29)8-13(12)20)18(27)23-19-21-14-6-7-24(3)9-15(14)30-19/h4-5,8,10,16H,6-7,9H2,1-3H3,(H,22,26)(H,21,23,27)/t16-/m1/s1. The van der Waals surface area contributed by atoms with Crippen molar-refractivity contribution in [1.82, 2.24) is 15.2 Å². The van der Waals surface area contributed by atoms with Crippen LogP contribution in [-0.4, -0.2) is 46.3 Å². The molecule has 2 amide bonds. The molecule has 0 saturated heterocycles. The summed E-state index contributed by atoms with van der Waals surface area (Å²) in [4.78, 5) is 43.6. The van der Waals surface area contributed by atoms with Gasteiger partial charge in [0.15, 0.2) is 5.13 Å². The number of rotatable bonds is 6. The number of benzene rings is 1. The Labute approximate surface area is 182 Å². The highest BCUT2D eigenvalue weighted by molar-refractivity contribution is 7.15. The van der Waals surface area contributed by atoms with Gasteiger partial charge in [-0.05, 0) is 19.0 Å². The maximum absolute atomic E-state index is 12.8. The molecule has 2 aromatic rings. The van der Waals surface area contributed by atoms with E-state index in [1.54, 1.807) is 0 Å². The SMILES string of the molecule is CC(C)[C@@H](NC(=O)c1ccc([N+](=O)[O-])cc1Cl)C(=O)Nc1nc2c(s1)CN(C)CC2. The molecule has 0 spiro atoms. The number of aromatic nitrogens is 1. The Bertz CT molecular complexity index is 993. The summed E-state index contributed by atoms with van der Waals surface area (Å²) < 4.78 is 0. The number of fused-ring (bicyclic) bond motifs is 1. The van der Waals surface area contributed by atoms with E-state index in [2.05, 4.69) is 20.5 Å². The quantitative estimate of drug-likeness (QED) is 0.514. The molecular weight excluding hydrogens is 430 g/mol. The molecule has 2 N–H and O–H groups in total. The molecule has 1 aromatic carbocycles. The number of nitrogens with zero attached hydrogens (tertiary/aromatic N) is 3. The van der Waals surface area contributed by atoms with Gasteiger partial charge in [0.1, 0.15) is 6.04 Å². The van der Waals surface area contributed by atoms with Gasteiger partial charge in [-0.15, -0.1) is 11.3 Å². The van der Waals surface area contributed by atoms with Crippen LogP contribution in [0.4, 0.5) is 10.8 Å². The second-order valence-corrected chi connectivity index (χ2v) is 8.97. The fourth-order valence-corrected chi connectivity index (χ4v) is 4.47. The second-order valence-electron chi connectivity index (χ2n) is 7.48. The van der Waals surface area contributed by atoms with E-state index in [1.165, 1.54) is 23.5 Å². The molecule has 0 bridgehead atoms. The Morgan fingerprint density at radius 3 is 2.73 bits per heavy atom. The molecule has 0 saturated carbocycles. The minimum absolute atomic E-state index is 0.0543. The molecule has 11 heteroatoms. The molecule has 0 fully saturated rings. The van der Waals surface area contributed by atoms with E-state index in [0.29, 0.717) is 5.13 Å². The summed E-state index contributed by atoms with van der Waals surface area (Å²) >= 11 is 7.47. The number of hydrogen-bond acceptors (Lipinski definition) is 7. The Balaban J connectivity index is 1.72. The number of nitro benzene ring substituents is 1. The Morgan fingerprint density at radius 2 is 2.10 bits per heavy atom. The maximum Gasteiger partial charge on any atom is 0.270 e. The molecule has 0 aliphatic carbocycles. The van der Waals surface area contributed by atoms with E-state index in [1.807, 2.05) is 20.9 Å². The van der Waals surface area contributed by atoms with Crippen LogP contribution in [0.2, 0.25) is 5.02 Å². The minimum atomic E-state index is -0.827. The Hall–Kier alpha value is -2.56. The summed E-state index contributed by atoms with van der Waals surface area (Å²) in [6.45, 7) is 5.34. The van der Waals surface area contributed by atoms with Crippen molar-refractivity contribution in [3.05, 3.63) is 49.5 Å². The van der Waals surface area contributed by atoms with Crippen LogP contribution in [0.3, 0.4) is 0 Å². The number of thiazole rings is 1. The first-order chi connectivity index (χ1) is 14.2. The zero-order chi connectivity index (χ0) is 22.0. The van der Waals surface area contributed by atoms with Crippen molar-refractivity contribution in [2.75, 3.05) is 18.9 Å². The van der Waals surface area contributed by atoms with Crippen molar-refractivity contribution in [1.29, 1.82) is 0 Å². The highest BCUT2D eigenvalue weighted by atomic mass is 35.5. The fraction of sp³-hybridized carbons (Fsp3) is 0.421. The van der Waals surface area contributed by atoms with Crippen LogP contribution in [-0.2, 0) is 17.8 Å². The maximum atomic E-state index is 12.8. The highest BCUT2D eigenvalue weighted by Gasteiger charge is 2.27. The van der Waals surface area contributed by atoms with Crippen LogP contribution >= 0.6 is 22.9 Å². The number of likely N-dealkylation sites (N-methyl/N-ethyl adjacent to an activating group) is 1. The molecule has 1 aromatic heterocycles. The van der Waals surface area contributed by atoms with Gasteiger partial charge in [0.25, 0.3) is 11.6 Å². The molecule has 160 valence electrons. The summed E-state index contributed by atoms with van der Waals surface area (Å²) in [6, 6.07) is 2.75. The normalized spacial score (nSPS) is 14.8. The van der Waals surface area contributed by atoms with Crippen LogP contribution in [0.25, 0.3) is 0 Å². The first-order valence-electron chi connectivity index (χ1n) is 9.38. The summed E-state index contributed by atoms with van der Waals surface area (Å²) in [5.74, 6) is -1.16. The first kappa shape index (κ1) is 22.1. The van der Waals surface area contributed by atoms with E-state index >= 15 is 0 Å². The van der Waals surface area contributed by atoms with Crippen molar-refractivity contribution in [3.8, 4) is 0 Å². The third-order valence-corrected chi connectivity index (χ3v) is 6.11. The van der Waals surface area contributed by atoms with E-state index in [0.717, 1.165) is 36.1 Å². The number of non-ortho nitro benzene ring substituents is 1. The zero-order valence-electron chi connectivity index (χ0n) is 16.8. The number of hydrogen-bond donors (Lipinski definition) is 2. The topological polar surface area (TPSA) is 117 Å². The van der Waals surface area contributed by atoms with Gasteiger partial charge in [0.05, 0.1) is 21.2 Å². The van der Waals surface area contributed by atoms with E-state index in [9.17, 15) is 19.7 Å². The number of carbonyl (C=O) groups is 2. The van der Waals surface area contributed by atoms with Gasteiger partial charge in [-0.3, -0.25) is 19.7 Å². The van der Waals surface area contributed by atoms with E-state index in [4.69, 9.17) is 11.6 Å². The third kappa shape index (κ3) is 4.94. The van der Waals surface area contributed by atoms with Crippen LogP contribution < -0.4 is 10.6 Å². The predicted octanol–water partition coefficient (Wildman–Crippen LogP) is 3.09. The molecule has 1 aliphatic heterocycles.